The standard InChI is InChI=1S/C27H27N5OS/c1-17(18-5-3-2-4-6-18)31-27-32-23-8-7-21(15-25(23)34-27)33-22-10-12-28-24(14-22)20-13-19-9-11-29-26(19)30-16-20/h7-18H,2-6H2,1H3,(H,29,30)(H,31,32). The van der Waals surface area contributed by atoms with E-state index in [1.165, 1.54) is 32.1 Å². The van der Waals surface area contributed by atoms with Crippen LogP contribution in [-0.4, -0.2) is 26.0 Å². The molecule has 0 bridgehead atoms. The lowest BCUT2D eigenvalue weighted by Crippen LogP contribution is -2.27. The molecule has 0 amide bonds. The monoisotopic (exact) mass is 469 g/mol. The van der Waals surface area contributed by atoms with Crippen LogP contribution >= 0.6 is 11.3 Å². The molecule has 34 heavy (non-hydrogen) atoms. The fourth-order valence-corrected chi connectivity index (χ4v) is 5.82. The summed E-state index contributed by atoms with van der Waals surface area (Å²) in [6, 6.07) is 14.4. The van der Waals surface area contributed by atoms with Gasteiger partial charge in [-0.15, -0.1) is 0 Å². The molecule has 7 heteroatoms. The van der Waals surface area contributed by atoms with Crippen molar-refractivity contribution in [1.29, 1.82) is 0 Å². The van der Waals surface area contributed by atoms with E-state index in [2.05, 4.69) is 39.3 Å². The van der Waals surface area contributed by atoms with Crippen LogP contribution in [0, 0.1) is 5.92 Å². The summed E-state index contributed by atoms with van der Waals surface area (Å²) in [6.45, 7) is 2.29. The number of benzene rings is 1. The van der Waals surface area contributed by atoms with E-state index in [1.807, 2.05) is 42.7 Å². The molecule has 0 radical (unpaired) electrons. The Kier molecular flexibility index (Phi) is 5.63. The Morgan fingerprint density at radius 1 is 1.03 bits per heavy atom. The van der Waals surface area contributed by atoms with Crippen molar-refractivity contribution in [1.82, 2.24) is 19.9 Å². The summed E-state index contributed by atoms with van der Waals surface area (Å²) in [5.74, 6) is 2.28. The van der Waals surface area contributed by atoms with Gasteiger partial charge in [0.2, 0.25) is 0 Å². The van der Waals surface area contributed by atoms with Crippen LogP contribution < -0.4 is 10.1 Å². The summed E-state index contributed by atoms with van der Waals surface area (Å²) >= 11 is 1.69. The molecular formula is C27H27N5OS. The Bertz CT molecular complexity index is 1440. The van der Waals surface area contributed by atoms with Crippen LogP contribution in [-0.2, 0) is 0 Å². The molecule has 1 saturated carbocycles. The van der Waals surface area contributed by atoms with Gasteiger partial charge in [0, 0.05) is 47.7 Å². The first-order chi connectivity index (χ1) is 16.7. The summed E-state index contributed by atoms with van der Waals surface area (Å²) in [7, 11) is 0. The topological polar surface area (TPSA) is 75.7 Å². The third kappa shape index (κ3) is 4.35. The zero-order chi connectivity index (χ0) is 22.9. The summed E-state index contributed by atoms with van der Waals surface area (Å²) in [5, 5.41) is 5.71. The zero-order valence-corrected chi connectivity index (χ0v) is 19.9. The second kappa shape index (κ2) is 9.06. The van der Waals surface area contributed by atoms with Gasteiger partial charge in [-0.2, -0.15) is 0 Å². The third-order valence-electron chi connectivity index (χ3n) is 6.73. The molecule has 2 N–H and O–H groups in total. The number of hydrogen-bond acceptors (Lipinski definition) is 6. The summed E-state index contributed by atoms with van der Waals surface area (Å²) in [4.78, 5) is 16.9. The lowest BCUT2D eigenvalue weighted by atomic mass is 9.85. The predicted molar refractivity (Wildman–Crippen MR) is 139 cm³/mol. The number of hydrogen-bond donors (Lipinski definition) is 2. The highest BCUT2D eigenvalue weighted by molar-refractivity contribution is 7.22. The molecule has 1 aromatic carbocycles. The maximum absolute atomic E-state index is 6.20. The number of fused-ring (bicyclic) bond motifs is 2. The maximum Gasteiger partial charge on any atom is 0.184 e. The second-order valence-electron chi connectivity index (χ2n) is 9.10. The van der Waals surface area contributed by atoms with Crippen LogP contribution in [0.25, 0.3) is 32.5 Å². The lowest BCUT2D eigenvalue weighted by molar-refractivity contribution is 0.328. The average molecular weight is 470 g/mol. The molecular weight excluding hydrogens is 442 g/mol. The minimum absolute atomic E-state index is 0.451. The lowest BCUT2D eigenvalue weighted by Gasteiger charge is -2.28. The Labute approximate surface area is 202 Å². The molecule has 1 unspecified atom stereocenters. The zero-order valence-electron chi connectivity index (χ0n) is 19.1. The van der Waals surface area contributed by atoms with Gasteiger partial charge in [-0.1, -0.05) is 30.6 Å². The number of ether oxygens (including phenoxy) is 1. The van der Waals surface area contributed by atoms with E-state index < -0.39 is 0 Å². The van der Waals surface area contributed by atoms with Crippen LogP contribution in [0.15, 0.2) is 61.1 Å². The van der Waals surface area contributed by atoms with E-state index in [9.17, 15) is 0 Å². The van der Waals surface area contributed by atoms with E-state index in [4.69, 9.17) is 9.72 Å². The minimum Gasteiger partial charge on any atom is -0.457 e. The maximum atomic E-state index is 6.20. The molecule has 5 aromatic rings. The number of H-pyrrole nitrogens is 1. The van der Waals surface area contributed by atoms with Crippen LogP contribution in [0.3, 0.4) is 0 Å². The highest BCUT2D eigenvalue weighted by Crippen LogP contribution is 2.34. The van der Waals surface area contributed by atoms with Crippen molar-refractivity contribution in [3.8, 4) is 22.8 Å². The number of thiazole rings is 1. The summed E-state index contributed by atoms with van der Waals surface area (Å²) in [6.07, 6.45) is 12.2. The molecule has 1 atom stereocenters. The Morgan fingerprint density at radius 3 is 2.82 bits per heavy atom. The normalized spacial score (nSPS) is 15.6. The Balaban J connectivity index is 1.19. The fourth-order valence-electron chi connectivity index (χ4n) is 4.83. The van der Waals surface area contributed by atoms with E-state index in [-0.39, 0.29) is 0 Å². The van der Waals surface area contributed by atoms with Gasteiger partial charge in [0.25, 0.3) is 0 Å². The van der Waals surface area contributed by atoms with Crippen molar-refractivity contribution in [3.63, 3.8) is 0 Å². The van der Waals surface area contributed by atoms with Crippen LogP contribution in [0.2, 0.25) is 0 Å². The first-order valence-corrected chi connectivity index (χ1v) is 12.8. The molecule has 0 aliphatic heterocycles. The molecule has 4 aromatic heterocycles. The van der Waals surface area contributed by atoms with Crippen molar-refractivity contribution in [2.75, 3.05) is 5.32 Å². The van der Waals surface area contributed by atoms with Gasteiger partial charge in [-0.05, 0) is 56.0 Å². The van der Waals surface area contributed by atoms with Gasteiger partial charge < -0.3 is 15.0 Å². The van der Waals surface area contributed by atoms with Gasteiger partial charge in [0.15, 0.2) is 5.13 Å². The molecule has 0 saturated heterocycles. The Morgan fingerprint density at radius 2 is 1.91 bits per heavy atom. The molecule has 6 nitrogen and oxygen atoms in total. The quantitative estimate of drug-likeness (QED) is 0.271. The van der Waals surface area contributed by atoms with Crippen molar-refractivity contribution >= 4 is 37.7 Å². The van der Waals surface area contributed by atoms with E-state index in [0.717, 1.165) is 55.1 Å². The van der Waals surface area contributed by atoms with E-state index >= 15 is 0 Å². The second-order valence-corrected chi connectivity index (χ2v) is 10.1. The molecule has 1 fully saturated rings. The summed E-state index contributed by atoms with van der Waals surface area (Å²) in [5.41, 5.74) is 3.65. The largest absolute Gasteiger partial charge is 0.457 e. The SMILES string of the molecule is CC(Nc1nc2ccc(Oc3ccnc(-c4cnc5[nH]ccc5c4)c3)cc2s1)C1CCCCC1. The van der Waals surface area contributed by atoms with Crippen LogP contribution in [0.1, 0.15) is 39.0 Å². The van der Waals surface area contributed by atoms with Crippen molar-refractivity contribution in [2.45, 2.75) is 45.1 Å². The average Bonchev–Trinajstić information content (AvgIpc) is 3.50. The molecule has 1 aliphatic rings. The van der Waals surface area contributed by atoms with E-state index in [0.29, 0.717) is 6.04 Å². The highest BCUT2D eigenvalue weighted by Gasteiger charge is 2.21. The van der Waals surface area contributed by atoms with Gasteiger partial charge in [-0.25, -0.2) is 9.97 Å². The van der Waals surface area contributed by atoms with Gasteiger partial charge in [0.05, 0.1) is 15.9 Å². The van der Waals surface area contributed by atoms with Gasteiger partial charge in [0.1, 0.15) is 17.1 Å². The van der Waals surface area contributed by atoms with Crippen LogP contribution in [0.5, 0.6) is 11.5 Å². The number of pyridine rings is 2. The molecule has 1 aliphatic carbocycles. The number of nitrogens with zero attached hydrogens (tertiary/aromatic N) is 3. The minimum atomic E-state index is 0.451. The molecule has 6 rings (SSSR count). The third-order valence-corrected chi connectivity index (χ3v) is 7.68. The number of nitrogens with one attached hydrogen (secondary N) is 2. The smallest absolute Gasteiger partial charge is 0.184 e. The molecule has 4 heterocycles. The molecule has 172 valence electrons. The first kappa shape index (κ1) is 21.1. The van der Waals surface area contributed by atoms with Crippen LogP contribution in [0.4, 0.5) is 5.13 Å². The Hall–Kier alpha value is -3.45. The van der Waals surface area contributed by atoms with Crippen molar-refractivity contribution in [3.05, 3.63) is 61.1 Å². The van der Waals surface area contributed by atoms with Gasteiger partial charge in [-0.3, -0.25) is 4.98 Å². The number of aromatic amines is 1. The fraction of sp³-hybridized carbons (Fsp3) is 0.296. The first-order valence-electron chi connectivity index (χ1n) is 12.0. The van der Waals surface area contributed by atoms with Crippen molar-refractivity contribution in [2.24, 2.45) is 5.92 Å². The predicted octanol–water partition coefficient (Wildman–Crippen LogP) is 7.41. The summed E-state index contributed by atoms with van der Waals surface area (Å²) < 4.78 is 7.32. The number of anilines is 1. The number of aromatic nitrogens is 4. The highest BCUT2D eigenvalue weighted by atomic mass is 32.1. The van der Waals surface area contributed by atoms with E-state index in [1.54, 1.807) is 17.5 Å². The van der Waals surface area contributed by atoms with Gasteiger partial charge >= 0.3 is 0 Å². The molecule has 0 spiro atoms. The van der Waals surface area contributed by atoms with Crippen molar-refractivity contribution < 1.29 is 4.74 Å². The number of rotatable bonds is 6.